The molecule has 0 aliphatic carbocycles. The Labute approximate surface area is 173 Å². The number of hydrogen-bond donors (Lipinski definition) is 2. The van der Waals surface area contributed by atoms with Crippen LogP contribution >= 0.6 is 0 Å². The predicted octanol–water partition coefficient (Wildman–Crippen LogP) is 4.22. The van der Waals surface area contributed by atoms with Gasteiger partial charge in [0.2, 0.25) is 11.9 Å². The summed E-state index contributed by atoms with van der Waals surface area (Å²) >= 11 is 0. The summed E-state index contributed by atoms with van der Waals surface area (Å²) in [6.07, 6.45) is 0.403. The highest BCUT2D eigenvalue weighted by Crippen LogP contribution is 2.34. The SMILES string of the molecule is O=C(Nc1cccc(-c2ccc(F)nc2)c1)[C@H]1CN(C(=O)O)C[C@@H]1c1ccccc1. The third-order valence-corrected chi connectivity index (χ3v) is 5.35. The number of amides is 2. The zero-order valence-corrected chi connectivity index (χ0v) is 16.0. The minimum absolute atomic E-state index is 0.141. The zero-order chi connectivity index (χ0) is 21.1. The second kappa shape index (κ2) is 8.32. The fraction of sp³-hybridized carbons (Fsp3) is 0.174. The fourth-order valence-electron chi connectivity index (χ4n) is 3.82. The molecule has 0 bridgehead atoms. The van der Waals surface area contributed by atoms with Crippen molar-refractivity contribution in [3.63, 3.8) is 0 Å². The van der Waals surface area contributed by atoms with E-state index in [1.807, 2.05) is 36.4 Å². The molecule has 30 heavy (non-hydrogen) atoms. The standard InChI is InChI=1S/C23H20FN3O3/c24-21-10-9-17(12-25-21)16-7-4-8-18(11-16)26-22(28)20-14-27(23(29)30)13-19(20)15-5-2-1-3-6-15/h1-12,19-20H,13-14H2,(H,26,28)(H,29,30)/t19-,20+/m1/s1. The van der Waals surface area contributed by atoms with Crippen LogP contribution in [-0.4, -0.2) is 40.1 Å². The van der Waals surface area contributed by atoms with Crippen LogP contribution in [0.4, 0.5) is 14.9 Å². The minimum Gasteiger partial charge on any atom is -0.465 e. The van der Waals surface area contributed by atoms with Crippen molar-refractivity contribution >= 4 is 17.7 Å². The number of hydrogen-bond acceptors (Lipinski definition) is 3. The molecular weight excluding hydrogens is 385 g/mol. The van der Waals surface area contributed by atoms with Crippen molar-refractivity contribution in [1.82, 2.24) is 9.88 Å². The maximum Gasteiger partial charge on any atom is 0.407 e. The number of likely N-dealkylation sites (tertiary alicyclic amines) is 1. The molecule has 6 nitrogen and oxygen atoms in total. The minimum atomic E-state index is -1.03. The molecule has 1 aliphatic heterocycles. The number of rotatable bonds is 4. The lowest BCUT2D eigenvalue weighted by Crippen LogP contribution is -2.30. The molecule has 2 amide bonds. The van der Waals surface area contributed by atoms with E-state index in [0.717, 1.165) is 16.7 Å². The van der Waals surface area contributed by atoms with Crippen LogP contribution < -0.4 is 5.32 Å². The summed E-state index contributed by atoms with van der Waals surface area (Å²) in [6, 6.07) is 19.6. The van der Waals surface area contributed by atoms with Crippen LogP contribution in [0.25, 0.3) is 11.1 Å². The average molecular weight is 405 g/mol. The summed E-state index contributed by atoms with van der Waals surface area (Å²) < 4.78 is 13.1. The van der Waals surface area contributed by atoms with Gasteiger partial charge in [-0.15, -0.1) is 0 Å². The van der Waals surface area contributed by atoms with Crippen LogP contribution in [0.1, 0.15) is 11.5 Å². The van der Waals surface area contributed by atoms with Gasteiger partial charge >= 0.3 is 6.09 Å². The topological polar surface area (TPSA) is 82.5 Å². The Morgan fingerprint density at radius 1 is 1.00 bits per heavy atom. The van der Waals surface area contributed by atoms with E-state index in [9.17, 15) is 19.1 Å². The van der Waals surface area contributed by atoms with Crippen molar-refractivity contribution in [2.24, 2.45) is 5.92 Å². The molecule has 7 heteroatoms. The molecule has 0 saturated carbocycles. The van der Waals surface area contributed by atoms with E-state index in [1.165, 1.54) is 17.2 Å². The van der Waals surface area contributed by atoms with E-state index in [-0.39, 0.29) is 24.9 Å². The summed E-state index contributed by atoms with van der Waals surface area (Å²) in [5.74, 6) is -1.51. The Balaban J connectivity index is 1.55. The van der Waals surface area contributed by atoms with Crippen molar-refractivity contribution in [3.05, 3.63) is 84.4 Å². The molecule has 1 saturated heterocycles. The normalized spacial score (nSPS) is 18.2. The van der Waals surface area contributed by atoms with Gasteiger partial charge in [0.05, 0.1) is 5.92 Å². The smallest absolute Gasteiger partial charge is 0.407 e. The summed E-state index contributed by atoms with van der Waals surface area (Å²) in [5.41, 5.74) is 3.04. The van der Waals surface area contributed by atoms with Gasteiger partial charge < -0.3 is 15.3 Å². The third kappa shape index (κ3) is 4.15. The van der Waals surface area contributed by atoms with Gasteiger partial charge in [0.1, 0.15) is 0 Å². The van der Waals surface area contributed by atoms with E-state index in [2.05, 4.69) is 10.3 Å². The highest BCUT2D eigenvalue weighted by molar-refractivity contribution is 5.94. The van der Waals surface area contributed by atoms with E-state index in [0.29, 0.717) is 5.69 Å². The van der Waals surface area contributed by atoms with Gasteiger partial charge in [-0.05, 0) is 35.4 Å². The number of pyridine rings is 1. The molecule has 0 spiro atoms. The number of carboxylic acid groups (broad SMARTS) is 1. The Bertz CT molecular complexity index is 1060. The van der Waals surface area contributed by atoms with Gasteiger partial charge in [-0.1, -0.05) is 42.5 Å². The molecule has 2 heterocycles. The molecule has 152 valence electrons. The van der Waals surface area contributed by atoms with Crippen LogP contribution in [0, 0.1) is 11.9 Å². The molecular formula is C23H20FN3O3. The Morgan fingerprint density at radius 2 is 1.80 bits per heavy atom. The maximum atomic E-state index is 13.1. The summed E-state index contributed by atoms with van der Waals surface area (Å²) in [5, 5.41) is 12.3. The van der Waals surface area contributed by atoms with Gasteiger partial charge in [0.15, 0.2) is 0 Å². The molecule has 4 rings (SSSR count). The van der Waals surface area contributed by atoms with Gasteiger partial charge in [-0.3, -0.25) is 4.79 Å². The van der Waals surface area contributed by atoms with Crippen LogP contribution in [0.3, 0.4) is 0 Å². The monoisotopic (exact) mass is 405 g/mol. The quantitative estimate of drug-likeness (QED) is 0.637. The lowest BCUT2D eigenvalue weighted by Gasteiger charge is -2.18. The van der Waals surface area contributed by atoms with Crippen LogP contribution in [0.15, 0.2) is 72.9 Å². The maximum absolute atomic E-state index is 13.1. The number of carbonyl (C=O) groups is 2. The van der Waals surface area contributed by atoms with E-state index < -0.39 is 18.0 Å². The molecule has 2 aromatic carbocycles. The molecule has 3 aromatic rings. The zero-order valence-electron chi connectivity index (χ0n) is 16.0. The first kappa shape index (κ1) is 19.6. The van der Waals surface area contributed by atoms with Gasteiger partial charge in [-0.25, -0.2) is 9.78 Å². The molecule has 1 aromatic heterocycles. The van der Waals surface area contributed by atoms with E-state index in [1.54, 1.807) is 24.3 Å². The average Bonchev–Trinajstić information content (AvgIpc) is 3.21. The highest BCUT2D eigenvalue weighted by Gasteiger charge is 2.40. The lowest BCUT2D eigenvalue weighted by atomic mass is 9.88. The van der Waals surface area contributed by atoms with Gasteiger partial charge in [0, 0.05) is 36.5 Å². The van der Waals surface area contributed by atoms with Crippen LogP contribution in [0.2, 0.25) is 0 Å². The number of halogens is 1. The van der Waals surface area contributed by atoms with Crippen LogP contribution in [0.5, 0.6) is 0 Å². The second-order valence-corrected chi connectivity index (χ2v) is 7.25. The molecule has 1 aliphatic rings. The largest absolute Gasteiger partial charge is 0.465 e. The van der Waals surface area contributed by atoms with Crippen molar-refractivity contribution in [1.29, 1.82) is 0 Å². The molecule has 1 fully saturated rings. The van der Waals surface area contributed by atoms with Gasteiger partial charge in [-0.2, -0.15) is 4.39 Å². The van der Waals surface area contributed by atoms with Crippen LogP contribution in [-0.2, 0) is 4.79 Å². The third-order valence-electron chi connectivity index (χ3n) is 5.35. The molecule has 2 atom stereocenters. The van der Waals surface area contributed by atoms with E-state index >= 15 is 0 Å². The number of carbonyl (C=O) groups excluding carboxylic acids is 1. The lowest BCUT2D eigenvalue weighted by molar-refractivity contribution is -0.119. The molecule has 2 N–H and O–H groups in total. The van der Waals surface area contributed by atoms with Crippen molar-refractivity contribution in [2.75, 3.05) is 18.4 Å². The summed E-state index contributed by atoms with van der Waals surface area (Å²) in [7, 11) is 0. The number of aromatic nitrogens is 1. The number of nitrogens with zero attached hydrogens (tertiary/aromatic N) is 2. The Morgan fingerprint density at radius 3 is 2.50 bits per heavy atom. The Kier molecular flexibility index (Phi) is 5.43. The predicted molar refractivity (Wildman–Crippen MR) is 111 cm³/mol. The summed E-state index contributed by atoms with van der Waals surface area (Å²) in [6.45, 7) is 0.418. The molecule has 0 unspecified atom stereocenters. The Hall–Kier alpha value is -3.74. The first-order chi connectivity index (χ1) is 14.5. The van der Waals surface area contributed by atoms with Crippen molar-refractivity contribution in [2.45, 2.75) is 5.92 Å². The van der Waals surface area contributed by atoms with Gasteiger partial charge in [0.25, 0.3) is 0 Å². The van der Waals surface area contributed by atoms with E-state index in [4.69, 9.17) is 0 Å². The molecule has 0 radical (unpaired) electrons. The van der Waals surface area contributed by atoms with Crippen molar-refractivity contribution < 1.29 is 19.1 Å². The van der Waals surface area contributed by atoms with Crippen molar-refractivity contribution in [3.8, 4) is 11.1 Å². The summed E-state index contributed by atoms with van der Waals surface area (Å²) in [4.78, 5) is 29.5. The first-order valence-corrected chi connectivity index (χ1v) is 9.57. The number of anilines is 1. The second-order valence-electron chi connectivity index (χ2n) is 7.25. The fourth-order valence-corrected chi connectivity index (χ4v) is 3.82. The number of nitrogens with one attached hydrogen (secondary N) is 1. The number of benzene rings is 2. The first-order valence-electron chi connectivity index (χ1n) is 9.57. The highest BCUT2D eigenvalue weighted by atomic mass is 19.1.